The van der Waals surface area contributed by atoms with Crippen LogP contribution in [-0.4, -0.2) is 20.1 Å². The van der Waals surface area contributed by atoms with Gasteiger partial charge in [-0.05, 0) is 13.8 Å². The molecule has 0 fully saturated rings. The number of nitrogens with zero attached hydrogens (tertiary/aromatic N) is 3. The normalized spacial score (nSPS) is 10.6. The summed E-state index contributed by atoms with van der Waals surface area (Å²) in [6, 6.07) is 15.4. The van der Waals surface area contributed by atoms with Gasteiger partial charge >= 0.3 is 6.01 Å². The molecule has 4 nitrogen and oxygen atoms in total. The maximum atomic E-state index is 9.76. The number of hydrogen-bond donors (Lipinski definition) is 1. The Morgan fingerprint density at radius 3 is 1.38 bits per heavy atom. The van der Waals surface area contributed by atoms with E-state index >= 15 is 0 Å². The molecule has 21 heavy (non-hydrogen) atoms. The molecule has 0 aliphatic carbocycles. The van der Waals surface area contributed by atoms with Gasteiger partial charge in [-0.3, -0.25) is 0 Å². The van der Waals surface area contributed by atoms with Crippen LogP contribution in [0.3, 0.4) is 0 Å². The average molecular weight is 277 g/mol. The number of aryl methyl sites for hydroxylation is 2. The highest BCUT2D eigenvalue weighted by atomic mass is 16.3. The molecule has 1 aromatic heterocycles. The molecule has 0 saturated carbocycles. The summed E-state index contributed by atoms with van der Waals surface area (Å²) in [6.45, 7) is 4.04. The second-order valence-electron chi connectivity index (χ2n) is 5.01. The van der Waals surface area contributed by atoms with E-state index in [-0.39, 0.29) is 6.01 Å². The molecule has 0 saturated heterocycles. The maximum Gasteiger partial charge on any atom is 0.318 e. The molecule has 104 valence electrons. The van der Waals surface area contributed by atoms with Crippen LogP contribution >= 0.6 is 0 Å². The van der Waals surface area contributed by atoms with Crippen molar-refractivity contribution < 1.29 is 5.11 Å². The van der Waals surface area contributed by atoms with Gasteiger partial charge in [0.2, 0.25) is 0 Å². The Morgan fingerprint density at radius 2 is 1.00 bits per heavy atom. The fourth-order valence-corrected chi connectivity index (χ4v) is 2.03. The number of hydrogen-bond acceptors (Lipinski definition) is 4. The summed E-state index contributed by atoms with van der Waals surface area (Å²) in [5, 5.41) is 9.76. The van der Waals surface area contributed by atoms with Gasteiger partial charge in [0.05, 0.1) is 0 Å². The smallest absolute Gasteiger partial charge is 0.318 e. The Balaban J connectivity index is 2.07. The largest absolute Gasteiger partial charge is 0.479 e. The summed E-state index contributed by atoms with van der Waals surface area (Å²) in [4.78, 5) is 12.5. The van der Waals surface area contributed by atoms with Crippen LogP contribution in [-0.2, 0) is 0 Å². The topological polar surface area (TPSA) is 58.9 Å². The first-order chi connectivity index (χ1) is 10.1. The fraction of sp³-hybridized carbons (Fsp3) is 0.118. The molecule has 0 aliphatic heterocycles. The second kappa shape index (κ2) is 5.32. The molecule has 0 spiro atoms. The van der Waals surface area contributed by atoms with Crippen LogP contribution in [0.1, 0.15) is 11.1 Å². The van der Waals surface area contributed by atoms with Crippen molar-refractivity contribution in [3.05, 3.63) is 59.7 Å². The average Bonchev–Trinajstić information content (AvgIpc) is 2.48. The Bertz CT molecular complexity index is 701. The summed E-state index contributed by atoms with van der Waals surface area (Å²) >= 11 is 0. The van der Waals surface area contributed by atoms with Crippen LogP contribution in [0.25, 0.3) is 22.8 Å². The van der Waals surface area contributed by atoms with Crippen LogP contribution < -0.4 is 0 Å². The van der Waals surface area contributed by atoms with E-state index in [9.17, 15) is 5.11 Å². The molecule has 4 heteroatoms. The van der Waals surface area contributed by atoms with Gasteiger partial charge in [0.25, 0.3) is 0 Å². The number of aromatic nitrogens is 3. The van der Waals surface area contributed by atoms with Gasteiger partial charge < -0.3 is 5.11 Å². The SMILES string of the molecule is Cc1ccc(-c2nc(O)nc(-c3ccc(C)cc3)n2)cc1. The predicted octanol–water partition coefficient (Wildman–Crippen LogP) is 3.53. The number of benzene rings is 2. The van der Waals surface area contributed by atoms with E-state index in [1.54, 1.807) is 0 Å². The highest BCUT2D eigenvalue weighted by molar-refractivity contribution is 5.61. The molecule has 0 bridgehead atoms. The fourth-order valence-electron chi connectivity index (χ4n) is 2.03. The van der Waals surface area contributed by atoms with E-state index in [4.69, 9.17) is 0 Å². The Hall–Kier alpha value is -2.75. The zero-order valence-corrected chi connectivity index (χ0v) is 11.9. The third-order valence-corrected chi connectivity index (χ3v) is 3.24. The first-order valence-electron chi connectivity index (χ1n) is 6.71. The third kappa shape index (κ3) is 2.89. The molecular weight excluding hydrogens is 262 g/mol. The molecular formula is C17H15N3O. The summed E-state index contributed by atoms with van der Waals surface area (Å²) in [6.07, 6.45) is 0. The van der Waals surface area contributed by atoms with Crippen molar-refractivity contribution in [2.75, 3.05) is 0 Å². The van der Waals surface area contributed by atoms with E-state index < -0.39 is 0 Å². The van der Waals surface area contributed by atoms with Crippen molar-refractivity contribution >= 4 is 0 Å². The summed E-state index contributed by atoms with van der Waals surface area (Å²) in [7, 11) is 0. The van der Waals surface area contributed by atoms with Gasteiger partial charge in [-0.15, -0.1) is 0 Å². The van der Waals surface area contributed by atoms with Crippen molar-refractivity contribution in [1.29, 1.82) is 0 Å². The number of aromatic hydroxyl groups is 1. The predicted molar refractivity (Wildman–Crippen MR) is 81.8 cm³/mol. The Labute approximate surface area is 123 Å². The maximum absolute atomic E-state index is 9.76. The van der Waals surface area contributed by atoms with Gasteiger partial charge in [0, 0.05) is 11.1 Å². The van der Waals surface area contributed by atoms with E-state index in [1.165, 1.54) is 0 Å². The minimum atomic E-state index is -0.267. The lowest BCUT2D eigenvalue weighted by molar-refractivity contribution is 0.430. The lowest BCUT2D eigenvalue weighted by Gasteiger charge is -2.05. The Kier molecular flexibility index (Phi) is 3.36. The van der Waals surface area contributed by atoms with Crippen molar-refractivity contribution in [2.24, 2.45) is 0 Å². The molecule has 0 radical (unpaired) electrons. The van der Waals surface area contributed by atoms with Crippen LogP contribution in [0.2, 0.25) is 0 Å². The lowest BCUT2D eigenvalue weighted by atomic mass is 10.1. The first-order valence-corrected chi connectivity index (χ1v) is 6.71. The number of rotatable bonds is 2. The second-order valence-corrected chi connectivity index (χ2v) is 5.01. The van der Waals surface area contributed by atoms with Crippen molar-refractivity contribution in [1.82, 2.24) is 15.0 Å². The van der Waals surface area contributed by atoms with E-state index in [0.717, 1.165) is 22.3 Å². The molecule has 2 aromatic carbocycles. The van der Waals surface area contributed by atoms with Gasteiger partial charge in [-0.1, -0.05) is 59.7 Å². The molecule has 3 rings (SSSR count). The van der Waals surface area contributed by atoms with Crippen molar-refractivity contribution in [3.63, 3.8) is 0 Å². The standard InChI is InChI=1S/C17H15N3O/c1-11-3-7-13(8-4-11)15-18-16(20-17(21)19-15)14-9-5-12(2)6-10-14/h3-10H,1-2H3,(H,18,19,20,21). The quantitative estimate of drug-likeness (QED) is 0.778. The van der Waals surface area contributed by atoms with Crippen LogP contribution in [0.15, 0.2) is 48.5 Å². The molecule has 0 aliphatic rings. The minimum absolute atomic E-state index is 0.267. The van der Waals surface area contributed by atoms with E-state index in [0.29, 0.717) is 11.6 Å². The van der Waals surface area contributed by atoms with Crippen molar-refractivity contribution in [2.45, 2.75) is 13.8 Å². The van der Waals surface area contributed by atoms with Crippen LogP contribution in [0.4, 0.5) is 0 Å². The molecule has 0 atom stereocenters. The Morgan fingerprint density at radius 1 is 0.619 bits per heavy atom. The summed E-state index contributed by atoms with van der Waals surface area (Å²) < 4.78 is 0. The van der Waals surface area contributed by atoms with Crippen LogP contribution in [0.5, 0.6) is 6.01 Å². The monoisotopic (exact) mass is 277 g/mol. The highest BCUT2D eigenvalue weighted by Crippen LogP contribution is 2.22. The third-order valence-electron chi connectivity index (χ3n) is 3.24. The summed E-state index contributed by atoms with van der Waals surface area (Å²) in [5.41, 5.74) is 4.03. The minimum Gasteiger partial charge on any atom is -0.479 e. The van der Waals surface area contributed by atoms with Gasteiger partial charge in [0.1, 0.15) is 0 Å². The van der Waals surface area contributed by atoms with Gasteiger partial charge in [-0.25, -0.2) is 4.98 Å². The zero-order chi connectivity index (χ0) is 14.8. The zero-order valence-electron chi connectivity index (χ0n) is 11.9. The van der Waals surface area contributed by atoms with E-state index in [2.05, 4.69) is 15.0 Å². The molecule has 1 N–H and O–H groups in total. The molecule has 3 aromatic rings. The molecule has 0 amide bonds. The highest BCUT2D eigenvalue weighted by Gasteiger charge is 2.09. The summed E-state index contributed by atoms with van der Waals surface area (Å²) in [5.74, 6) is 0.941. The van der Waals surface area contributed by atoms with Crippen molar-refractivity contribution in [3.8, 4) is 28.8 Å². The van der Waals surface area contributed by atoms with E-state index in [1.807, 2.05) is 62.4 Å². The molecule has 1 heterocycles. The van der Waals surface area contributed by atoms with Gasteiger partial charge in [0.15, 0.2) is 11.6 Å². The first kappa shape index (κ1) is 13.2. The van der Waals surface area contributed by atoms with Gasteiger partial charge in [-0.2, -0.15) is 9.97 Å². The molecule has 0 unspecified atom stereocenters. The van der Waals surface area contributed by atoms with Crippen LogP contribution in [0, 0.1) is 13.8 Å². The lowest BCUT2D eigenvalue weighted by Crippen LogP contribution is -1.96.